The lowest BCUT2D eigenvalue weighted by Crippen LogP contribution is -2.40. The summed E-state index contributed by atoms with van der Waals surface area (Å²) in [6, 6.07) is 6.93. The highest BCUT2D eigenvalue weighted by Gasteiger charge is 2.24. The van der Waals surface area contributed by atoms with E-state index in [0.717, 1.165) is 24.8 Å². The zero-order chi connectivity index (χ0) is 17.0. The lowest BCUT2D eigenvalue weighted by molar-refractivity contribution is 0.0303. The molecule has 3 rings (SSSR count). The van der Waals surface area contributed by atoms with E-state index in [-0.39, 0.29) is 11.7 Å². The minimum Gasteiger partial charge on any atom is -0.378 e. The number of hydrogen-bond donors (Lipinski definition) is 0. The van der Waals surface area contributed by atoms with E-state index < -0.39 is 10.0 Å². The van der Waals surface area contributed by atoms with Crippen molar-refractivity contribution in [3.05, 3.63) is 35.4 Å². The first-order valence-electron chi connectivity index (χ1n) is 8.50. The van der Waals surface area contributed by atoms with Gasteiger partial charge in [0.15, 0.2) is 0 Å². The number of morpholine rings is 1. The van der Waals surface area contributed by atoms with Crippen LogP contribution in [0, 0.1) is 0 Å². The molecule has 7 heteroatoms. The molecule has 132 valence electrons. The molecule has 2 aliphatic rings. The molecule has 0 saturated carbocycles. The van der Waals surface area contributed by atoms with Gasteiger partial charge in [-0.1, -0.05) is 18.6 Å². The standard InChI is InChI=1S/C17H24N2O4S/c20-17(18-10-12-23-13-11-18)16-6-4-15(5-7-16)14-24(21,22)19-8-2-1-3-9-19/h4-7H,1-3,8-14H2. The van der Waals surface area contributed by atoms with Crippen molar-refractivity contribution in [2.75, 3.05) is 39.4 Å². The van der Waals surface area contributed by atoms with Crippen molar-refractivity contribution >= 4 is 15.9 Å². The van der Waals surface area contributed by atoms with Gasteiger partial charge in [0.1, 0.15) is 0 Å². The Bertz CT molecular complexity index is 660. The molecule has 2 aliphatic heterocycles. The van der Waals surface area contributed by atoms with Crippen LogP contribution in [-0.4, -0.2) is 62.9 Å². The summed E-state index contributed by atoms with van der Waals surface area (Å²) in [6.45, 7) is 3.58. The van der Waals surface area contributed by atoms with Gasteiger partial charge in [0, 0.05) is 31.7 Å². The molecule has 0 spiro atoms. The van der Waals surface area contributed by atoms with Crippen LogP contribution in [0.15, 0.2) is 24.3 Å². The van der Waals surface area contributed by atoms with Crippen molar-refractivity contribution < 1.29 is 17.9 Å². The lowest BCUT2D eigenvalue weighted by atomic mass is 10.1. The van der Waals surface area contributed by atoms with Crippen LogP contribution >= 0.6 is 0 Å². The summed E-state index contributed by atoms with van der Waals surface area (Å²) in [4.78, 5) is 14.2. The third-order valence-electron chi connectivity index (χ3n) is 4.56. The predicted octanol–water partition coefficient (Wildman–Crippen LogP) is 1.47. The maximum atomic E-state index is 12.5. The van der Waals surface area contributed by atoms with Gasteiger partial charge >= 0.3 is 0 Å². The highest BCUT2D eigenvalue weighted by molar-refractivity contribution is 7.88. The Balaban J connectivity index is 1.64. The number of nitrogens with zero attached hydrogens (tertiary/aromatic N) is 2. The number of amides is 1. The van der Waals surface area contributed by atoms with E-state index in [9.17, 15) is 13.2 Å². The Morgan fingerprint density at radius 2 is 1.58 bits per heavy atom. The number of hydrogen-bond acceptors (Lipinski definition) is 4. The molecular weight excluding hydrogens is 328 g/mol. The topological polar surface area (TPSA) is 66.9 Å². The summed E-state index contributed by atoms with van der Waals surface area (Å²) in [5, 5.41) is 0. The molecule has 0 radical (unpaired) electrons. The molecule has 6 nitrogen and oxygen atoms in total. The molecule has 1 aromatic rings. The first kappa shape index (κ1) is 17.4. The minimum atomic E-state index is -3.27. The van der Waals surface area contributed by atoms with Crippen LogP contribution < -0.4 is 0 Å². The largest absolute Gasteiger partial charge is 0.378 e. The van der Waals surface area contributed by atoms with Crippen LogP contribution in [0.5, 0.6) is 0 Å². The maximum Gasteiger partial charge on any atom is 0.254 e. The Kier molecular flexibility index (Phi) is 5.53. The SMILES string of the molecule is O=C(c1ccc(CS(=O)(=O)N2CCCCC2)cc1)N1CCOCC1. The Morgan fingerprint density at radius 1 is 0.958 bits per heavy atom. The van der Waals surface area contributed by atoms with Crippen molar-refractivity contribution in [1.29, 1.82) is 0 Å². The monoisotopic (exact) mass is 352 g/mol. The number of carbonyl (C=O) groups is 1. The van der Waals surface area contributed by atoms with Crippen molar-refractivity contribution in [3.8, 4) is 0 Å². The number of benzene rings is 1. The van der Waals surface area contributed by atoms with Crippen LogP contribution in [0.1, 0.15) is 35.2 Å². The average Bonchev–Trinajstić information content (AvgIpc) is 2.63. The van der Waals surface area contributed by atoms with Gasteiger partial charge in [-0.2, -0.15) is 0 Å². The van der Waals surface area contributed by atoms with Crippen LogP contribution in [0.3, 0.4) is 0 Å². The smallest absolute Gasteiger partial charge is 0.254 e. The fraction of sp³-hybridized carbons (Fsp3) is 0.588. The van der Waals surface area contributed by atoms with Crippen LogP contribution in [0.2, 0.25) is 0 Å². The first-order chi connectivity index (χ1) is 11.6. The van der Waals surface area contributed by atoms with Crippen LogP contribution in [0.4, 0.5) is 0 Å². The summed E-state index contributed by atoms with van der Waals surface area (Å²) < 4.78 is 31.8. The fourth-order valence-electron chi connectivity index (χ4n) is 3.14. The quantitative estimate of drug-likeness (QED) is 0.823. The molecule has 0 bridgehead atoms. The molecule has 0 aliphatic carbocycles. The molecule has 1 aromatic carbocycles. The molecule has 2 fully saturated rings. The Labute approximate surface area is 143 Å². The summed E-state index contributed by atoms with van der Waals surface area (Å²) >= 11 is 0. The Morgan fingerprint density at radius 3 is 2.21 bits per heavy atom. The maximum absolute atomic E-state index is 12.5. The summed E-state index contributed by atoms with van der Waals surface area (Å²) in [5.41, 5.74) is 1.31. The average molecular weight is 352 g/mol. The van der Waals surface area contributed by atoms with Gasteiger partial charge in [-0.05, 0) is 30.5 Å². The van der Waals surface area contributed by atoms with E-state index in [1.807, 2.05) is 0 Å². The third-order valence-corrected chi connectivity index (χ3v) is 6.41. The second-order valence-corrected chi connectivity index (χ2v) is 8.29. The molecule has 0 N–H and O–H groups in total. The van der Waals surface area contributed by atoms with Gasteiger partial charge in [-0.15, -0.1) is 0 Å². The second kappa shape index (κ2) is 7.63. The molecule has 24 heavy (non-hydrogen) atoms. The molecule has 0 aromatic heterocycles. The van der Waals surface area contributed by atoms with E-state index in [1.54, 1.807) is 33.5 Å². The highest BCUT2D eigenvalue weighted by atomic mass is 32.2. The van der Waals surface area contributed by atoms with Crippen LogP contribution in [-0.2, 0) is 20.5 Å². The van der Waals surface area contributed by atoms with Crippen molar-refractivity contribution in [2.24, 2.45) is 0 Å². The highest BCUT2D eigenvalue weighted by Crippen LogP contribution is 2.18. The van der Waals surface area contributed by atoms with E-state index in [1.165, 1.54) is 0 Å². The predicted molar refractivity (Wildman–Crippen MR) is 91.2 cm³/mol. The number of ether oxygens (including phenoxy) is 1. The third kappa shape index (κ3) is 4.15. The van der Waals surface area contributed by atoms with Gasteiger partial charge in [-0.25, -0.2) is 12.7 Å². The number of carbonyl (C=O) groups excluding carboxylic acids is 1. The number of sulfonamides is 1. The molecule has 0 atom stereocenters. The Hall–Kier alpha value is -1.44. The summed E-state index contributed by atoms with van der Waals surface area (Å²) in [6.07, 6.45) is 2.98. The molecule has 0 unspecified atom stereocenters. The van der Waals surface area contributed by atoms with Gasteiger partial charge in [0.05, 0.1) is 19.0 Å². The van der Waals surface area contributed by atoms with Gasteiger partial charge in [0.2, 0.25) is 10.0 Å². The van der Waals surface area contributed by atoms with E-state index >= 15 is 0 Å². The van der Waals surface area contributed by atoms with E-state index in [0.29, 0.717) is 45.0 Å². The zero-order valence-corrected chi connectivity index (χ0v) is 14.6. The number of piperidine rings is 1. The molecule has 2 saturated heterocycles. The number of rotatable bonds is 4. The van der Waals surface area contributed by atoms with Crippen molar-refractivity contribution in [2.45, 2.75) is 25.0 Å². The molecule has 2 heterocycles. The van der Waals surface area contributed by atoms with Crippen molar-refractivity contribution in [3.63, 3.8) is 0 Å². The van der Waals surface area contributed by atoms with Gasteiger partial charge in [-0.3, -0.25) is 4.79 Å². The minimum absolute atomic E-state index is 0.000967. The zero-order valence-electron chi connectivity index (χ0n) is 13.8. The first-order valence-corrected chi connectivity index (χ1v) is 10.1. The van der Waals surface area contributed by atoms with E-state index in [2.05, 4.69) is 0 Å². The normalized spacial score (nSPS) is 20.1. The fourth-order valence-corrected chi connectivity index (χ4v) is 4.75. The van der Waals surface area contributed by atoms with Gasteiger partial charge < -0.3 is 9.64 Å². The van der Waals surface area contributed by atoms with Gasteiger partial charge in [0.25, 0.3) is 5.91 Å². The summed E-state index contributed by atoms with van der Waals surface area (Å²) in [5.74, 6) is -0.0253. The summed E-state index contributed by atoms with van der Waals surface area (Å²) in [7, 11) is -3.27. The second-order valence-electron chi connectivity index (χ2n) is 6.32. The van der Waals surface area contributed by atoms with Crippen molar-refractivity contribution in [1.82, 2.24) is 9.21 Å². The molecular formula is C17H24N2O4S. The lowest BCUT2D eigenvalue weighted by Gasteiger charge is -2.27. The van der Waals surface area contributed by atoms with E-state index in [4.69, 9.17) is 4.74 Å². The molecule has 1 amide bonds. The van der Waals surface area contributed by atoms with Crippen LogP contribution in [0.25, 0.3) is 0 Å².